The quantitative estimate of drug-likeness (QED) is 0.787. The van der Waals surface area contributed by atoms with Gasteiger partial charge in [0.15, 0.2) is 0 Å². The van der Waals surface area contributed by atoms with Gasteiger partial charge in [-0.15, -0.1) is 0 Å². The molecular formula is C18H38N2. The summed E-state index contributed by atoms with van der Waals surface area (Å²) >= 11 is 0. The number of piperidine rings is 1. The lowest BCUT2D eigenvalue weighted by molar-refractivity contribution is 0.0727. The van der Waals surface area contributed by atoms with E-state index in [4.69, 9.17) is 0 Å². The Morgan fingerprint density at radius 1 is 1.05 bits per heavy atom. The molecule has 2 atom stereocenters. The highest BCUT2D eigenvalue weighted by Gasteiger charge is 2.32. The lowest BCUT2D eigenvalue weighted by Gasteiger charge is -2.43. The molecule has 1 aliphatic rings. The normalized spacial score (nSPS) is 25.9. The second-order valence-electron chi connectivity index (χ2n) is 8.29. The van der Waals surface area contributed by atoms with Crippen molar-refractivity contribution in [2.45, 2.75) is 73.3 Å². The van der Waals surface area contributed by atoms with Crippen LogP contribution in [0.1, 0.15) is 67.7 Å². The van der Waals surface area contributed by atoms with Crippen LogP contribution < -0.4 is 5.32 Å². The SMILES string of the molecule is CCC(CC)(CNC(C)(C)C)CN1CCC(C)C(C)C1. The zero-order valence-corrected chi connectivity index (χ0v) is 15.1. The molecule has 1 rings (SSSR count). The Hall–Kier alpha value is -0.0800. The van der Waals surface area contributed by atoms with Crippen molar-refractivity contribution in [3.63, 3.8) is 0 Å². The Bertz CT molecular complexity index is 276. The van der Waals surface area contributed by atoms with Crippen LogP contribution in [-0.2, 0) is 0 Å². The third-order valence-corrected chi connectivity index (χ3v) is 5.47. The maximum absolute atomic E-state index is 3.75. The van der Waals surface area contributed by atoms with Crippen molar-refractivity contribution in [3.8, 4) is 0 Å². The fraction of sp³-hybridized carbons (Fsp3) is 1.00. The molecule has 20 heavy (non-hydrogen) atoms. The van der Waals surface area contributed by atoms with Gasteiger partial charge in [0, 0.05) is 25.2 Å². The molecular weight excluding hydrogens is 244 g/mol. The zero-order chi connectivity index (χ0) is 15.4. The first-order valence-corrected chi connectivity index (χ1v) is 8.69. The lowest BCUT2D eigenvalue weighted by atomic mass is 9.79. The third-order valence-electron chi connectivity index (χ3n) is 5.47. The molecule has 120 valence electrons. The van der Waals surface area contributed by atoms with Gasteiger partial charge in [0.1, 0.15) is 0 Å². The van der Waals surface area contributed by atoms with Gasteiger partial charge in [-0.25, -0.2) is 0 Å². The fourth-order valence-electron chi connectivity index (χ4n) is 3.20. The van der Waals surface area contributed by atoms with Crippen LogP contribution in [-0.4, -0.2) is 36.6 Å². The van der Waals surface area contributed by atoms with Crippen molar-refractivity contribution in [3.05, 3.63) is 0 Å². The molecule has 1 heterocycles. The number of nitrogens with zero attached hydrogens (tertiary/aromatic N) is 1. The van der Waals surface area contributed by atoms with Gasteiger partial charge in [-0.2, -0.15) is 0 Å². The summed E-state index contributed by atoms with van der Waals surface area (Å²) in [6.45, 7) is 21.4. The second kappa shape index (κ2) is 7.26. The smallest absolute Gasteiger partial charge is 0.00967 e. The summed E-state index contributed by atoms with van der Waals surface area (Å²) in [7, 11) is 0. The molecule has 2 nitrogen and oxygen atoms in total. The monoisotopic (exact) mass is 282 g/mol. The van der Waals surface area contributed by atoms with Gasteiger partial charge in [-0.05, 0) is 63.8 Å². The molecule has 2 heteroatoms. The molecule has 1 aliphatic heterocycles. The van der Waals surface area contributed by atoms with Gasteiger partial charge in [-0.1, -0.05) is 27.7 Å². The minimum Gasteiger partial charge on any atom is -0.311 e. The summed E-state index contributed by atoms with van der Waals surface area (Å²) in [5.74, 6) is 1.75. The minimum absolute atomic E-state index is 0.222. The Morgan fingerprint density at radius 2 is 1.65 bits per heavy atom. The first-order valence-electron chi connectivity index (χ1n) is 8.69. The predicted octanol–water partition coefficient (Wildman–Crippen LogP) is 4.16. The van der Waals surface area contributed by atoms with Gasteiger partial charge in [0.25, 0.3) is 0 Å². The molecule has 0 aromatic heterocycles. The van der Waals surface area contributed by atoms with Crippen LogP contribution in [0.2, 0.25) is 0 Å². The van der Waals surface area contributed by atoms with Crippen LogP contribution in [0.4, 0.5) is 0 Å². The average molecular weight is 283 g/mol. The highest BCUT2D eigenvalue weighted by Crippen LogP contribution is 2.31. The molecule has 0 aromatic carbocycles. The summed E-state index contributed by atoms with van der Waals surface area (Å²) in [5, 5.41) is 3.75. The molecule has 0 aromatic rings. The first kappa shape index (κ1) is 18.0. The van der Waals surface area contributed by atoms with Crippen molar-refractivity contribution in [1.82, 2.24) is 10.2 Å². The number of nitrogens with one attached hydrogen (secondary N) is 1. The van der Waals surface area contributed by atoms with E-state index in [1.807, 2.05) is 0 Å². The van der Waals surface area contributed by atoms with Gasteiger partial charge < -0.3 is 10.2 Å². The van der Waals surface area contributed by atoms with Crippen LogP contribution in [0, 0.1) is 17.3 Å². The van der Waals surface area contributed by atoms with E-state index in [2.05, 4.69) is 58.7 Å². The van der Waals surface area contributed by atoms with Crippen molar-refractivity contribution >= 4 is 0 Å². The molecule has 0 bridgehead atoms. The van der Waals surface area contributed by atoms with Gasteiger partial charge >= 0.3 is 0 Å². The molecule has 0 saturated carbocycles. The highest BCUT2D eigenvalue weighted by atomic mass is 15.1. The molecule has 0 spiro atoms. The maximum Gasteiger partial charge on any atom is 0.00967 e. The lowest BCUT2D eigenvalue weighted by Crippen LogP contribution is -2.50. The van der Waals surface area contributed by atoms with E-state index in [1.54, 1.807) is 0 Å². The zero-order valence-electron chi connectivity index (χ0n) is 15.1. The topological polar surface area (TPSA) is 15.3 Å². The van der Waals surface area contributed by atoms with E-state index in [9.17, 15) is 0 Å². The molecule has 1 fully saturated rings. The number of rotatable bonds is 6. The number of hydrogen-bond donors (Lipinski definition) is 1. The number of hydrogen-bond acceptors (Lipinski definition) is 2. The van der Waals surface area contributed by atoms with Crippen LogP contribution in [0.3, 0.4) is 0 Å². The van der Waals surface area contributed by atoms with Crippen LogP contribution in [0.25, 0.3) is 0 Å². The standard InChI is InChI=1S/C18H38N2/c1-8-18(9-2,13-19-17(5,6)7)14-20-11-10-15(3)16(4)12-20/h15-16,19H,8-14H2,1-7H3. The van der Waals surface area contributed by atoms with Crippen LogP contribution in [0.15, 0.2) is 0 Å². The maximum atomic E-state index is 3.75. The van der Waals surface area contributed by atoms with Gasteiger partial charge in [0.05, 0.1) is 0 Å². The van der Waals surface area contributed by atoms with E-state index >= 15 is 0 Å². The average Bonchev–Trinajstić information content (AvgIpc) is 2.38. The van der Waals surface area contributed by atoms with Crippen molar-refractivity contribution in [2.24, 2.45) is 17.3 Å². The van der Waals surface area contributed by atoms with E-state index in [-0.39, 0.29) is 5.54 Å². The minimum atomic E-state index is 0.222. The summed E-state index contributed by atoms with van der Waals surface area (Å²) in [6.07, 6.45) is 3.91. The Labute approximate surface area is 127 Å². The van der Waals surface area contributed by atoms with Crippen molar-refractivity contribution < 1.29 is 0 Å². The third kappa shape index (κ3) is 5.37. The van der Waals surface area contributed by atoms with Crippen molar-refractivity contribution in [2.75, 3.05) is 26.2 Å². The molecule has 0 amide bonds. The summed E-state index contributed by atoms with van der Waals surface area (Å²) < 4.78 is 0. The van der Waals surface area contributed by atoms with E-state index in [0.29, 0.717) is 5.41 Å². The van der Waals surface area contributed by atoms with E-state index in [0.717, 1.165) is 18.4 Å². The molecule has 0 aliphatic carbocycles. The Kier molecular flexibility index (Phi) is 6.53. The Balaban J connectivity index is 2.61. The summed E-state index contributed by atoms with van der Waals surface area (Å²) in [5.41, 5.74) is 0.660. The predicted molar refractivity (Wildman–Crippen MR) is 90.2 cm³/mol. The molecule has 1 saturated heterocycles. The number of likely N-dealkylation sites (tertiary alicyclic amines) is 1. The molecule has 2 unspecified atom stereocenters. The van der Waals surface area contributed by atoms with E-state index < -0.39 is 0 Å². The second-order valence-corrected chi connectivity index (χ2v) is 8.29. The first-order chi connectivity index (χ1) is 9.21. The summed E-state index contributed by atoms with van der Waals surface area (Å²) in [4.78, 5) is 2.72. The highest BCUT2D eigenvalue weighted by molar-refractivity contribution is 4.88. The molecule has 1 N–H and O–H groups in total. The fourth-order valence-corrected chi connectivity index (χ4v) is 3.20. The largest absolute Gasteiger partial charge is 0.311 e. The van der Waals surface area contributed by atoms with Crippen molar-refractivity contribution in [1.29, 1.82) is 0 Å². The molecule has 0 radical (unpaired) electrons. The Morgan fingerprint density at radius 3 is 2.10 bits per heavy atom. The van der Waals surface area contributed by atoms with Gasteiger partial charge in [0.2, 0.25) is 0 Å². The summed E-state index contributed by atoms with van der Waals surface area (Å²) in [6, 6.07) is 0. The van der Waals surface area contributed by atoms with Gasteiger partial charge in [-0.3, -0.25) is 0 Å². The van der Waals surface area contributed by atoms with Crippen LogP contribution in [0.5, 0.6) is 0 Å². The van der Waals surface area contributed by atoms with Crippen LogP contribution >= 0.6 is 0 Å². The van der Waals surface area contributed by atoms with E-state index in [1.165, 1.54) is 38.9 Å².